The predicted molar refractivity (Wildman–Crippen MR) is 121 cm³/mol. The monoisotopic (exact) mass is 627 g/mol. The van der Waals surface area contributed by atoms with Crippen molar-refractivity contribution in [3.63, 3.8) is 0 Å². The molecule has 1 fully saturated rings. The highest BCUT2D eigenvalue weighted by molar-refractivity contribution is 6.34. The molecule has 0 aliphatic heterocycles. The first-order valence-electron chi connectivity index (χ1n) is 11.1. The van der Waals surface area contributed by atoms with Crippen LogP contribution in [0, 0.1) is 5.41 Å². The van der Waals surface area contributed by atoms with Crippen molar-refractivity contribution in [1.82, 2.24) is 20.4 Å². The molecule has 1 aliphatic rings. The topological polar surface area (TPSA) is 92.0 Å². The number of hydrogen-bond acceptors (Lipinski definition) is 5. The molecule has 41 heavy (non-hydrogen) atoms. The molecule has 1 saturated carbocycles. The number of ether oxygens (including phenoxy) is 1. The van der Waals surface area contributed by atoms with Gasteiger partial charge in [-0.3, -0.25) is 10.2 Å². The van der Waals surface area contributed by atoms with Gasteiger partial charge in [0.1, 0.15) is 0 Å². The smallest absolute Gasteiger partial charge is 0.424 e. The molecule has 19 heteroatoms. The number of benzene rings is 1. The third kappa shape index (κ3) is 6.84. The molecule has 1 heterocycles. The Hall–Kier alpha value is -3.57. The van der Waals surface area contributed by atoms with E-state index in [0.29, 0.717) is 0 Å². The molecule has 2 aromatic rings. The Morgan fingerprint density at radius 3 is 2.22 bits per heavy atom. The summed E-state index contributed by atoms with van der Waals surface area (Å²) in [5.74, 6) is -10.7. The molecular weight excluding hydrogens is 611 g/mol. The zero-order valence-corrected chi connectivity index (χ0v) is 21.0. The van der Waals surface area contributed by atoms with E-state index in [4.69, 9.17) is 17.0 Å². The molecule has 1 aromatic heterocycles. The minimum Gasteiger partial charge on any atom is -0.424 e. The van der Waals surface area contributed by atoms with E-state index >= 15 is 0 Å². The average molecular weight is 628 g/mol. The Bertz CT molecular complexity index is 1350. The second-order valence-corrected chi connectivity index (χ2v) is 8.97. The van der Waals surface area contributed by atoms with Crippen LogP contribution in [-0.2, 0) is 4.74 Å². The average Bonchev–Trinajstić information content (AvgIpc) is 3.54. The molecule has 0 spiro atoms. The van der Waals surface area contributed by atoms with Gasteiger partial charge in [0.25, 0.3) is 12.1 Å². The summed E-state index contributed by atoms with van der Waals surface area (Å²) in [4.78, 5) is 12.4. The summed E-state index contributed by atoms with van der Waals surface area (Å²) in [7, 11) is 0.733. The fourth-order valence-corrected chi connectivity index (χ4v) is 3.38. The molecule has 1 aliphatic carbocycles. The lowest BCUT2D eigenvalue weighted by Crippen LogP contribution is -2.49. The summed E-state index contributed by atoms with van der Waals surface area (Å²) < 4.78 is 150. The Balaban J connectivity index is 2.12. The second-order valence-electron chi connectivity index (χ2n) is 8.56. The first-order valence-corrected chi connectivity index (χ1v) is 11.5. The number of nitrogens with zero attached hydrogens (tertiary/aromatic N) is 2. The summed E-state index contributed by atoms with van der Waals surface area (Å²) in [5, 5.41) is 15.4. The fourth-order valence-electron chi connectivity index (χ4n) is 3.18. The molecule has 1 unspecified atom stereocenters. The molecule has 3 N–H and O–H groups in total. The number of nitrogens with one attached hydrogen (secondary N) is 3. The highest BCUT2D eigenvalue weighted by Crippen LogP contribution is 2.42. The minimum atomic E-state index is -6.60. The van der Waals surface area contributed by atoms with Gasteiger partial charge >= 0.3 is 24.4 Å². The summed E-state index contributed by atoms with van der Waals surface area (Å²) in [5.41, 5.74) is -2.99. The predicted octanol–water partition coefficient (Wildman–Crippen LogP) is 6.17. The van der Waals surface area contributed by atoms with Crippen molar-refractivity contribution >= 4 is 29.0 Å². The molecule has 3 rings (SSSR count). The largest absolute Gasteiger partial charge is 0.459 e. The molecule has 1 aromatic carbocycles. The summed E-state index contributed by atoms with van der Waals surface area (Å²) in [6, 6.07) is 3.78. The van der Waals surface area contributed by atoms with E-state index in [1.54, 1.807) is 0 Å². The van der Waals surface area contributed by atoms with Crippen molar-refractivity contribution in [1.29, 1.82) is 5.41 Å². The van der Waals surface area contributed by atoms with Gasteiger partial charge < -0.3 is 15.4 Å². The molecule has 7 nitrogen and oxygen atoms in total. The quantitative estimate of drug-likeness (QED) is 0.167. The van der Waals surface area contributed by atoms with Crippen LogP contribution in [-0.4, -0.2) is 65.0 Å². The Labute approximate surface area is 227 Å². The van der Waals surface area contributed by atoms with Crippen LogP contribution in [0.4, 0.5) is 48.3 Å². The molecule has 226 valence electrons. The van der Waals surface area contributed by atoms with Crippen molar-refractivity contribution < 1.29 is 57.8 Å². The van der Waals surface area contributed by atoms with Crippen LogP contribution in [0.25, 0.3) is 16.9 Å². The van der Waals surface area contributed by atoms with Gasteiger partial charge in [-0.05, 0) is 30.5 Å². The van der Waals surface area contributed by atoms with E-state index < -0.39 is 53.8 Å². The third-order valence-electron chi connectivity index (χ3n) is 5.44. The van der Waals surface area contributed by atoms with Gasteiger partial charge in [-0.2, -0.15) is 49.0 Å². The van der Waals surface area contributed by atoms with Crippen LogP contribution in [0.3, 0.4) is 0 Å². The summed E-state index contributed by atoms with van der Waals surface area (Å²) in [6.07, 6.45) is -21.0. The highest BCUT2D eigenvalue weighted by atomic mass is 35.5. The lowest BCUT2D eigenvalue weighted by Gasteiger charge is -2.28. The maximum atomic E-state index is 14.1. The van der Waals surface area contributed by atoms with E-state index in [9.17, 15) is 53.1 Å². The van der Waals surface area contributed by atoms with Crippen molar-refractivity contribution in [2.75, 3.05) is 7.05 Å². The zero-order chi connectivity index (χ0) is 31.1. The number of aromatic nitrogens is 2. The normalized spacial score (nSPS) is 16.1. The van der Waals surface area contributed by atoms with Crippen molar-refractivity contribution in [2.24, 2.45) is 0 Å². The number of carbonyl (C=O) groups excluding carboxylic acids is 1. The van der Waals surface area contributed by atoms with Gasteiger partial charge in [-0.15, -0.1) is 0 Å². The van der Waals surface area contributed by atoms with Gasteiger partial charge in [0.2, 0.25) is 0 Å². The molecule has 0 saturated heterocycles. The number of hydrogen-bond donors (Lipinski definition) is 3. The minimum absolute atomic E-state index is 0.0151. The third-order valence-corrected chi connectivity index (χ3v) is 5.77. The Morgan fingerprint density at radius 1 is 1.10 bits per heavy atom. The van der Waals surface area contributed by atoms with E-state index in [0.717, 1.165) is 32.3 Å². The second kappa shape index (κ2) is 11.0. The fraction of sp³-hybridized carbons (Fsp3) is 0.409. The van der Waals surface area contributed by atoms with Crippen molar-refractivity contribution in [3.8, 4) is 11.1 Å². The van der Waals surface area contributed by atoms with Crippen LogP contribution in [0.5, 0.6) is 0 Å². The number of alkyl halides is 11. The molecule has 1 amide bonds. The number of rotatable bonds is 10. The van der Waals surface area contributed by atoms with Crippen LogP contribution in [0.15, 0.2) is 36.4 Å². The number of allylic oxidation sites excluding steroid dienone is 1. The van der Waals surface area contributed by atoms with E-state index in [2.05, 4.69) is 15.2 Å². The van der Waals surface area contributed by atoms with E-state index in [1.165, 1.54) is 18.2 Å². The lowest BCUT2D eigenvalue weighted by molar-refractivity contribution is -0.322. The number of amides is 1. The maximum absolute atomic E-state index is 14.1. The van der Waals surface area contributed by atoms with Crippen LogP contribution >= 0.6 is 11.6 Å². The first-order chi connectivity index (χ1) is 18.7. The summed E-state index contributed by atoms with van der Waals surface area (Å²) >= 11 is 6.05. The van der Waals surface area contributed by atoms with Crippen molar-refractivity contribution in [2.45, 2.75) is 49.4 Å². The van der Waals surface area contributed by atoms with E-state index in [-0.39, 0.29) is 32.4 Å². The van der Waals surface area contributed by atoms with E-state index in [1.807, 2.05) is 5.32 Å². The summed E-state index contributed by atoms with van der Waals surface area (Å²) in [6.45, 7) is 0. The van der Waals surface area contributed by atoms with Gasteiger partial charge in [0.15, 0.2) is 17.3 Å². The molecular formula is C22H17ClF11N5O2. The first kappa shape index (κ1) is 32.0. The van der Waals surface area contributed by atoms with Crippen LogP contribution < -0.4 is 10.6 Å². The molecule has 0 radical (unpaired) electrons. The van der Waals surface area contributed by atoms with Crippen LogP contribution in [0.2, 0.25) is 5.02 Å². The van der Waals surface area contributed by atoms with Gasteiger partial charge in [0, 0.05) is 24.8 Å². The number of carbonyl (C=O) groups is 1. The Kier molecular flexibility index (Phi) is 8.58. The Morgan fingerprint density at radius 2 is 1.71 bits per heavy atom. The van der Waals surface area contributed by atoms with Crippen LogP contribution in [0.1, 0.15) is 23.2 Å². The maximum Gasteiger partial charge on any atom is 0.459 e. The molecule has 1 atom stereocenters. The highest BCUT2D eigenvalue weighted by Gasteiger charge is 2.65. The number of halogens is 12. The van der Waals surface area contributed by atoms with Gasteiger partial charge in [-0.1, -0.05) is 17.7 Å². The van der Waals surface area contributed by atoms with Gasteiger partial charge in [0.05, 0.1) is 16.8 Å². The molecule has 0 bridgehead atoms. The SMILES string of the molecule is CN/C(=C(/OC(F)(F)C(F)C(F)(F)F)C(=N)C(F)(F)C(F)(F)F)n1cc(-c2ccc(Cl)c(C(=O)NC3CC3)c2)cn1. The zero-order valence-electron chi connectivity index (χ0n) is 20.2. The van der Waals surface area contributed by atoms with Gasteiger partial charge in [-0.25, -0.2) is 9.07 Å². The van der Waals surface area contributed by atoms with Crippen molar-refractivity contribution in [3.05, 3.63) is 46.9 Å². The lowest BCUT2D eigenvalue weighted by atomic mass is 10.1. The standard InChI is InChI=1S/C22H17ClF11N5O2/c1-36-16(14(15(35)19(25,26)22(32,33)34)41-21(30,31)18(24)20(27,28)29)39-8-10(7-37-39)9-2-5-13(23)12(6-9)17(40)38-11-3-4-11/h2,5-8,11,18,35-36H,3-4H2,1H3,(H,38,40)/b16-14-,35-15?.